The van der Waals surface area contributed by atoms with Crippen LogP contribution in [0.5, 0.6) is 11.5 Å². The fourth-order valence-electron chi connectivity index (χ4n) is 2.62. The summed E-state index contributed by atoms with van der Waals surface area (Å²) in [5, 5.41) is 10.5. The van der Waals surface area contributed by atoms with Crippen LogP contribution in [0.15, 0.2) is 58.2 Å². The molecule has 0 spiro atoms. The molecule has 1 aliphatic heterocycles. The number of ether oxygens (including phenoxy) is 2. The van der Waals surface area contributed by atoms with Crippen LogP contribution in [0.3, 0.4) is 0 Å². The fourth-order valence-corrected chi connectivity index (χ4v) is 3.19. The van der Waals surface area contributed by atoms with Crippen molar-refractivity contribution in [2.75, 3.05) is 17.7 Å². The minimum atomic E-state index is -4.43. The maximum atomic E-state index is 12.6. The molecule has 7 nitrogen and oxygen atoms in total. The van der Waals surface area contributed by atoms with Crippen LogP contribution >= 0.6 is 11.8 Å². The third kappa shape index (κ3) is 4.67. The van der Waals surface area contributed by atoms with Gasteiger partial charge in [0, 0.05) is 5.69 Å². The highest BCUT2D eigenvalue weighted by molar-refractivity contribution is 7.99. The molecule has 4 rings (SSSR count). The van der Waals surface area contributed by atoms with Gasteiger partial charge in [-0.15, -0.1) is 10.2 Å². The molecule has 11 heteroatoms. The summed E-state index contributed by atoms with van der Waals surface area (Å²) in [7, 11) is 0. The second-order valence-electron chi connectivity index (χ2n) is 6.18. The molecule has 30 heavy (non-hydrogen) atoms. The molecule has 0 saturated carbocycles. The van der Waals surface area contributed by atoms with E-state index in [1.54, 1.807) is 12.1 Å². The van der Waals surface area contributed by atoms with Crippen LogP contribution in [0.4, 0.5) is 18.9 Å². The smallest absolute Gasteiger partial charge is 0.416 e. The van der Waals surface area contributed by atoms with Crippen molar-refractivity contribution in [3.8, 4) is 11.5 Å². The molecular formula is C19H14F3N3O4S. The average Bonchev–Trinajstić information content (AvgIpc) is 3.21. The molecule has 0 radical (unpaired) electrons. The molecule has 1 amide bonds. The number of thioether (sulfide) groups is 1. The van der Waals surface area contributed by atoms with E-state index in [4.69, 9.17) is 13.9 Å². The number of rotatable bonds is 5. The maximum Gasteiger partial charge on any atom is 0.416 e. The number of hydrogen-bond donors (Lipinski definition) is 1. The molecule has 2 heterocycles. The molecule has 0 saturated heterocycles. The van der Waals surface area contributed by atoms with Crippen LogP contribution in [0.1, 0.15) is 17.6 Å². The Morgan fingerprint density at radius 2 is 1.83 bits per heavy atom. The second kappa shape index (κ2) is 8.27. The van der Waals surface area contributed by atoms with Crippen LogP contribution in [-0.4, -0.2) is 28.5 Å². The van der Waals surface area contributed by atoms with Crippen LogP contribution < -0.4 is 14.8 Å². The number of nitrogens with zero attached hydrogens (tertiary/aromatic N) is 2. The van der Waals surface area contributed by atoms with Crippen molar-refractivity contribution in [3.05, 3.63) is 60.0 Å². The normalized spacial score (nSPS) is 15.6. The van der Waals surface area contributed by atoms with Crippen molar-refractivity contribution in [1.82, 2.24) is 10.2 Å². The summed E-state index contributed by atoms with van der Waals surface area (Å²) in [6, 6.07) is 11.4. The van der Waals surface area contributed by atoms with E-state index < -0.39 is 23.8 Å². The molecule has 0 bridgehead atoms. The standard InChI is InChI=1S/C19H14F3N3O4S/c20-19(21,22)11-5-7-12(8-6-11)23-16(26)10-30-18-25-24-17(29-18)15-9-27-13-3-1-2-4-14(13)28-15/h1-8,15H,9-10H2,(H,23,26). The quantitative estimate of drug-likeness (QED) is 0.595. The van der Waals surface area contributed by atoms with Gasteiger partial charge in [0.1, 0.15) is 6.61 Å². The number of carbonyl (C=O) groups is 1. The van der Waals surface area contributed by atoms with Gasteiger partial charge < -0.3 is 19.2 Å². The third-order valence-electron chi connectivity index (χ3n) is 4.03. The van der Waals surface area contributed by atoms with Crippen LogP contribution in [0.2, 0.25) is 0 Å². The largest absolute Gasteiger partial charge is 0.485 e. The second-order valence-corrected chi connectivity index (χ2v) is 7.11. The number of halogens is 3. The average molecular weight is 437 g/mol. The number of para-hydroxylation sites is 2. The van der Waals surface area contributed by atoms with E-state index in [2.05, 4.69) is 15.5 Å². The van der Waals surface area contributed by atoms with Crippen molar-refractivity contribution in [2.24, 2.45) is 0 Å². The predicted molar refractivity (Wildman–Crippen MR) is 100 cm³/mol. The van der Waals surface area contributed by atoms with Gasteiger partial charge in [-0.3, -0.25) is 4.79 Å². The summed E-state index contributed by atoms with van der Waals surface area (Å²) >= 11 is 0.997. The maximum absolute atomic E-state index is 12.6. The van der Waals surface area contributed by atoms with Crippen molar-refractivity contribution in [2.45, 2.75) is 17.5 Å². The van der Waals surface area contributed by atoms with E-state index in [9.17, 15) is 18.0 Å². The minimum Gasteiger partial charge on any atom is -0.485 e. The highest BCUT2D eigenvalue weighted by Crippen LogP contribution is 2.36. The first-order chi connectivity index (χ1) is 14.4. The summed E-state index contributed by atoms with van der Waals surface area (Å²) in [4.78, 5) is 12.0. The summed E-state index contributed by atoms with van der Waals surface area (Å²) in [5.41, 5.74) is -0.531. The molecule has 0 fully saturated rings. The van der Waals surface area contributed by atoms with Crippen LogP contribution in [0.25, 0.3) is 0 Å². The molecule has 1 aromatic heterocycles. The number of alkyl halides is 3. The zero-order valence-corrected chi connectivity index (χ0v) is 16.0. The van der Waals surface area contributed by atoms with E-state index in [1.807, 2.05) is 12.1 Å². The van der Waals surface area contributed by atoms with E-state index >= 15 is 0 Å². The van der Waals surface area contributed by atoms with Gasteiger partial charge in [-0.2, -0.15) is 13.2 Å². The zero-order valence-electron chi connectivity index (χ0n) is 15.2. The Bertz CT molecular complexity index is 1040. The Morgan fingerprint density at radius 1 is 1.10 bits per heavy atom. The van der Waals surface area contributed by atoms with Crippen LogP contribution in [-0.2, 0) is 11.0 Å². The van der Waals surface area contributed by atoms with E-state index in [1.165, 1.54) is 12.1 Å². The lowest BCUT2D eigenvalue weighted by molar-refractivity contribution is -0.137. The Hall–Kier alpha value is -3.21. The van der Waals surface area contributed by atoms with Gasteiger partial charge in [0.2, 0.25) is 12.0 Å². The topological polar surface area (TPSA) is 86.5 Å². The molecule has 3 aromatic rings. The van der Waals surface area contributed by atoms with E-state index in [0.29, 0.717) is 11.5 Å². The van der Waals surface area contributed by atoms with Gasteiger partial charge in [0.05, 0.1) is 11.3 Å². The molecule has 2 aromatic carbocycles. The molecule has 1 aliphatic rings. The summed E-state index contributed by atoms with van der Waals surface area (Å²) in [6.45, 7) is 0.206. The van der Waals surface area contributed by atoms with Gasteiger partial charge in [0.25, 0.3) is 11.1 Å². The third-order valence-corrected chi connectivity index (χ3v) is 4.85. The van der Waals surface area contributed by atoms with Gasteiger partial charge >= 0.3 is 6.18 Å². The van der Waals surface area contributed by atoms with Gasteiger partial charge in [0.15, 0.2) is 11.5 Å². The zero-order chi connectivity index (χ0) is 21.1. The van der Waals surface area contributed by atoms with Gasteiger partial charge in [-0.1, -0.05) is 23.9 Å². The van der Waals surface area contributed by atoms with Crippen molar-refractivity contribution in [3.63, 3.8) is 0 Å². The van der Waals surface area contributed by atoms with Gasteiger partial charge in [-0.05, 0) is 36.4 Å². The SMILES string of the molecule is O=C(CSc1nnc(C2COc3ccccc3O2)o1)Nc1ccc(C(F)(F)F)cc1. The summed E-state index contributed by atoms with van der Waals surface area (Å²) in [6.07, 6.45) is -4.99. The number of hydrogen-bond acceptors (Lipinski definition) is 7. The molecule has 156 valence electrons. The van der Waals surface area contributed by atoms with Crippen molar-refractivity contribution >= 4 is 23.4 Å². The van der Waals surface area contributed by atoms with Crippen molar-refractivity contribution < 1.29 is 31.9 Å². The Morgan fingerprint density at radius 3 is 2.57 bits per heavy atom. The first kappa shape index (κ1) is 20.1. The number of benzene rings is 2. The fraction of sp³-hybridized carbons (Fsp3) is 0.211. The number of nitrogens with one attached hydrogen (secondary N) is 1. The van der Waals surface area contributed by atoms with E-state index in [0.717, 1.165) is 23.9 Å². The molecular weight excluding hydrogens is 423 g/mol. The molecule has 0 aliphatic carbocycles. The number of fused-ring (bicyclic) bond motifs is 1. The minimum absolute atomic E-state index is 0.0620. The van der Waals surface area contributed by atoms with E-state index in [-0.39, 0.29) is 29.2 Å². The Kier molecular flexibility index (Phi) is 5.53. The number of amides is 1. The molecule has 1 unspecified atom stereocenters. The summed E-state index contributed by atoms with van der Waals surface area (Å²) < 4.78 is 54.6. The lowest BCUT2D eigenvalue weighted by Crippen LogP contribution is -2.21. The van der Waals surface area contributed by atoms with Gasteiger partial charge in [-0.25, -0.2) is 0 Å². The predicted octanol–water partition coefficient (Wildman–Crippen LogP) is 4.33. The first-order valence-corrected chi connectivity index (χ1v) is 9.69. The molecule has 1 atom stereocenters. The first-order valence-electron chi connectivity index (χ1n) is 8.70. The Balaban J connectivity index is 1.30. The summed E-state index contributed by atoms with van der Waals surface area (Å²) in [5.74, 6) is 0.925. The number of carbonyl (C=O) groups excluding carboxylic acids is 1. The highest BCUT2D eigenvalue weighted by atomic mass is 32.2. The van der Waals surface area contributed by atoms with Crippen molar-refractivity contribution in [1.29, 1.82) is 0 Å². The molecule has 1 N–H and O–H groups in total. The lowest BCUT2D eigenvalue weighted by atomic mass is 10.2. The lowest BCUT2D eigenvalue weighted by Gasteiger charge is -2.23. The van der Waals surface area contributed by atoms with Crippen LogP contribution in [0, 0.1) is 0 Å². The Labute approximate surface area is 172 Å². The number of aromatic nitrogens is 2. The highest BCUT2D eigenvalue weighted by Gasteiger charge is 2.30. The monoisotopic (exact) mass is 437 g/mol. The number of anilines is 1.